The lowest BCUT2D eigenvalue weighted by Crippen LogP contribution is -2.33. The number of para-hydroxylation sites is 1. The molecule has 1 atom stereocenters. The van der Waals surface area contributed by atoms with Crippen molar-refractivity contribution in [2.75, 3.05) is 31.6 Å². The van der Waals surface area contributed by atoms with Gasteiger partial charge in [0.2, 0.25) is 0 Å². The minimum Gasteiger partial charge on any atom is -0.370 e. The van der Waals surface area contributed by atoms with Crippen LogP contribution in [0.1, 0.15) is 13.3 Å². The molecule has 1 unspecified atom stereocenters. The van der Waals surface area contributed by atoms with Crippen LogP contribution in [0.4, 0.5) is 5.69 Å². The van der Waals surface area contributed by atoms with Gasteiger partial charge in [-0.05, 0) is 31.0 Å². The standard InChI is InChI=1S/C16H21N3/c1-16(11-17-2)8-10-19(12-16)15-7-9-18-14-6-4-3-5-13(14)15/h3-7,9,17H,8,10-12H2,1-2H3. The lowest BCUT2D eigenvalue weighted by atomic mass is 9.90. The molecular formula is C16H21N3. The fourth-order valence-corrected chi connectivity index (χ4v) is 3.16. The van der Waals surface area contributed by atoms with E-state index in [2.05, 4.69) is 46.4 Å². The van der Waals surface area contributed by atoms with E-state index in [1.54, 1.807) is 0 Å². The molecule has 19 heavy (non-hydrogen) atoms. The Bertz CT molecular complexity index is 576. The van der Waals surface area contributed by atoms with E-state index in [0.717, 1.165) is 25.2 Å². The SMILES string of the molecule is CNCC1(C)CCN(c2ccnc3ccccc23)C1. The van der Waals surface area contributed by atoms with Gasteiger partial charge in [-0.3, -0.25) is 4.98 Å². The second-order valence-corrected chi connectivity index (χ2v) is 5.86. The molecule has 100 valence electrons. The van der Waals surface area contributed by atoms with E-state index in [0.29, 0.717) is 5.41 Å². The van der Waals surface area contributed by atoms with Gasteiger partial charge < -0.3 is 10.2 Å². The number of anilines is 1. The molecule has 2 heterocycles. The summed E-state index contributed by atoms with van der Waals surface area (Å²) in [6, 6.07) is 10.5. The average Bonchev–Trinajstić information content (AvgIpc) is 2.81. The Kier molecular flexibility index (Phi) is 3.15. The van der Waals surface area contributed by atoms with Crippen molar-refractivity contribution >= 4 is 16.6 Å². The number of benzene rings is 1. The number of hydrogen-bond acceptors (Lipinski definition) is 3. The van der Waals surface area contributed by atoms with Gasteiger partial charge in [0.05, 0.1) is 5.52 Å². The van der Waals surface area contributed by atoms with Crippen molar-refractivity contribution in [3.63, 3.8) is 0 Å². The molecule has 0 aliphatic carbocycles. The van der Waals surface area contributed by atoms with Crippen LogP contribution < -0.4 is 10.2 Å². The molecule has 1 aliphatic heterocycles. The van der Waals surface area contributed by atoms with E-state index < -0.39 is 0 Å². The maximum Gasteiger partial charge on any atom is 0.0722 e. The van der Waals surface area contributed by atoms with Crippen LogP contribution in [0.25, 0.3) is 10.9 Å². The van der Waals surface area contributed by atoms with Gasteiger partial charge in [-0.2, -0.15) is 0 Å². The van der Waals surface area contributed by atoms with Crippen molar-refractivity contribution < 1.29 is 0 Å². The average molecular weight is 255 g/mol. The van der Waals surface area contributed by atoms with Crippen LogP contribution >= 0.6 is 0 Å². The molecule has 3 rings (SSSR count). The van der Waals surface area contributed by atoms with Gasteiger partial charge in [0.25, 0.3) is 0 Å². The maximum absolute atomic E-state index is 4.45. The lowest BCUT2D eigenvalue weighted by molar-refractivity contribution is 0.356. The van der Waals surface area contributed by atoms with E-state index in [1.165, 1.54) is 17.5 Å². The van der Waals surface area contributed by atoms with Gasteiger partial charge in [-0.1, -0.05) is 25.1 Å². The molecule has 0 radical (unpaired) electrons. The molecule has 3 heteroatoms. The number of aromatic nitrogens is 1. The highest BCUT2D eigenvalue weighted by atomic mass is 15.2. The molecule has 0 spiro atoms. The number of nitrogens with zero attached hydrogens (tertiary/aromatic N) is 2. The number of pyridine rings is 1. The largest absolute Gasteiger partial charge is 0.370 e. The van der Waals surface area contributed by atoms with Gasteiger partial charge in [-0.15, -0.1) is 0 Å². The predicted molar refractivity (Wildman–Crippen MR) is 80.6 cm³/mol. The third kappa shape index (κ3) is 2.30. The van der Waals surface area contributed by atoms with Gasteiger partial charge in [0.15, 0.2) is 0 Å². The molecule has 1 saturated heterocycles. The van der Waals surface area contributed by atoms with Crippen molar-refractivity contribution in [3.8, 4) is 0 Å². The summed E-state index contributed by atoms with van der Waals surface area (Å²) in [4.78, 5) is 6.95. The highest BCUT2D eigenvalue weighted by molar-refractivity contribution is 5.91. The lowest BCUT2D eigenvalue weighted by Gasteiger charge is -2.25. The topological polar surface area (TPSA) is 28.2 Å². The fourth-order valence-electron chi connectivity index (χ4n) is 3.16. The summed E-state index contributed by atoms with van der Waals surface area (Å²) in [5.74, 6) is 0. The van der Waals surface area contributed by atoms with Crippen LogP contribution in [-0.2, 0) is 0 Å². The van der Waals surface area contributed by atoms with Gasteiger partial charge in [0.1, 0.15) is 0 Å². The third-order valence-corrected chi connectivity index (χ3v) is 4.13. The highest BCUT2D eigenvalue weighted by Gasteiger charge is 2.33. The quantitative estimate of drug-likeness (QED) is 0.914. The minimum atomic E-state index is 0.374. The summed E-state index contributed by atoms with van der Waals surface area (Å²) in [7, 11) is 2.04. The predicted octanol–water partition coefficient (Wildman–Crippen LogP) is 2.67. The first kappa shape index (κ1) is 12.4. The monoisotopic (exact) mass is 255 g/mol. The molecule has 1 aliphatic rings. The zero-order chi connectivity index (χ0) is 13.3. The summed E-state index contributed by atoms with van der Waals surface area (Å²) in [5, 5.41) is 4.58. The van der Waals surface area contributed by atoms with Gasteiger partial charge in [-0.25, -0.2) is 0 Å². The molecule has 0 amide bonds. The molecular weight excluding hydrogens is 234 g/mol. The first-order valence-corrected chi connectivity index (χ1v) is 6.95. The second kappa shape index (κ2) is 4.82. The fraction of sp³-hybridized carbons (Fsp3) is 0.438. The Morgan fingerprint density at radius 2 is 2.16 bits per heavy atom. The molecule has 0 bridgehead atoms. The van der Waals surface area contributed by atoms with Crippen molar-refractivity contribution in [3.05, 3.63) is 36.5 Å². The van der Waals surface area contributed by atoms with Crippen LogP contribution in [0.5, 0.6) is 0 Å². The van der Waals surface area contributed by atoms with E-state index in [-0.39, 0.29) is 0 Å². The summed E-state index contributed by atoms with van der Waals surface area (Å²) < 4.78 is 0. The maximum atomic E-state index is 4.45. The van der Waals surface area contributed by atoms with E-state index >= 15 is 0 Å². The van der Waals surface area contributed by atoms with E-state index in [4.69, 9.17) is 0 Å². The third-order valence-electron chi connectivity index (χ3n) is 4.13. The van der Waals surface area contributed by atoms with Crippen LogP contribution in [0.15, 0.2) is 36.5 Å². The first-order chi connectivity index (χ1) is 9.22. The van der Waals surface area contributed by atoms with E-state index in [1.807, 2.05) is 19.3 Å². The molecule has 1 aromatic heterocycles. The van der Waals surface area contributed by atoms with Crippen LogP contribution in [0.3, 0.4) is 0 Å². The molecule has 0 saturated carbocycles. The van der Waals surface area contributed by atoms with Crippen LogP contribution in [-0.4, -0.2) is 31.7 Å². The molecule has 1 fully saturated rings. The number of hydrogen-bond donors (Lipinski definition) is 1. The zero-order valence-electron chi connectivity index (χ0n) is 11.7. The summed E-state index contributed by atoms with van der Waals surface area (Å²) in [5.41, 5.74) is 2.78. The smallest absolute Gasteiger partial charge is 0.0722 e. The Labute approximate surface area is 114 Å². The van der Waals surface area contributed by atoms with Crippen molar-refractivity contribution in [1.29, 1.82) is 0 Å². The van der Waals surface area contributed by atoms with Gasteiger partial charge in [0, 0.05) is 36.9 Å². The zero-order valence-corrected chi connectivity index (χ0v) is 11.7. The normalized spacial score (nSPS) is 23.2. The van der Waals surface area contributed by atoms with Gasteiger partial charge >= 0.3 is 0 Å². The molecule has 1 N–H and O–H groups in total. The van der Waals surface area contributed by atoms with Crippen molar-refractivity contribution in [1.82, 2.24) is 10.3 Å². The minimum absolute atomic E-state index is 0.374. The Morgan fingerprint density at radius 3 is 3.00 bits per heavy atom. The summed E-state index contributed by atoms with van der Waals surface area (Å²) in [6.45, 7) is 5.69. The molecule has 1 aromatic carbocycles. The Morgan fingerprint density at radius 1 is 1.32 bits per heavy atom. The second-order valence-electron chi connectivity index (χ2n) is 5.86. The van der Waals surface area contributed by atoms with Crippen molar-refractivity contribution in [2.24, 2.45) is 5.41 Å². The Hall–Kier alpha value is -1.61. The Balaban J connectivity index is 1.94. The van der Waals surface area contributed by atoms with Crippen LogP contribution in [0, 0.1) is 5.41 Å². The first-order valence-electron chi connectivity index (χ1n) is 6.95. The van der Waals surface area contributed by atoms with Crippen molar-refractivity contribution in [2.45, 2.75) is 13.3 Å². The number of rotatable bonds is 3. The number of fused-ring (bicyclic) bond motifs is 1. The molecule has 2 aromatic rings. The highest BCUT2D eigenvalue weighted by Crippen LogP contribution is 2.35. The molecule has 3 nitrogen and oxygen atoms in total. The number of nitrogens with one attached hydrogen (secondary N) is 1. The van der Waals surface area contributed by atoms with Crippen LogP contribution in [0.2, 0.25) is 0 Å². The summed E-state index contributed by atoms with van der Waals surface area (Å²) >= 11 is 0. The summed E-state index contributed by atoms with van der Waals surface area (Å²) in [6.07, 6.45) is 3.16. The van der Waals surface area contributed by atoms with E-state index in [9.17, 15) is 0 Å².